The van der Waals surface area contributed by atoms with E-state index in [2.05, 4.69) is 25.9 Å². The first-order chi connectivity index (χ1) is 3.91. The van der Waals surface area contributed by atoms with Crippen LogP contribution in [-0.4, -0.2) is 21.4 Å². The Bertz CT molecular complexity index is 60.7. The minimum Gasteiger partial charge on any atom is -0.133 e. The van der Waals surface area contributed by atoms with Crippen molar-refractivity contribution in [3.63, 3.8) is 0 Å². The summed E-state index contributed by atoms with van der Waals surface area (Å²) in [5.41, 5.74) is 0. The summed E-state index contributed by atoms with van der Waals surface area (Å²) in [7, 11) is 4.01. The second-order valence-electron chi connectivity index (χ2n) is 2.06. The molecule has 0 aliphatic heterocycles. The van der Waals surface area contributed by atoms with Crippen molar-refractivity contribution < 1.29 is 0 Å². The fourth-order valence-corrected chi connectivity index (χ4v) is 0.679. The molecule has 0 aliphatic rings. The van der Waals surface area contributed by atoms with Crippen molar-refractivity contribution in [3.05, 3.63) is 12.1 Å². The Kier molecular flexibility index (Phi) is 6.88. The summed E-state index contributed by atoms with van der Waals surface area (Å²) in [5.74, 6) is 2.23. The molecule has 0 saturated carbocycles. The van der Waals surface area contributed by atoms with Crippen LogP contribution in [0.2, 0.25) is 6.32 Å². The van der Waals surface area contributed by atoms with Gasteiger partial charge in [-0.3, -0.25) is 0 Å². The third-order valence-corrected chi connectivity index (χ3v) is 1.21. The van der Waals surface area contributed by atoms with Gasteiger partial charge in [0.15, 0.2) is 0 Å². The molecule has 0 aliphatic carbocycles. The molecule has 0 saturated heterocycles. The predicted molar refractivity (Wildman–Crippen MR) is 46.7 cm³/mol. The standard InChI is InChI=1S/C5H13B3/c1-3-5-7-8-6-4-2/h3,5-8H,4H2,1-2H3. The van der Waals surface area contributed by atoms with Gasteiger partial charge >= 0.3 is 0 Å². The van der Waals surface area contributed by atoms with Gasteiger partial charge in [-0.15, -0.1) is 12.1 Å². The maximum Gasteiger partial charge on any atom is 0.105 e. The second kappa shape index (κ2) is 6.93. The number of hydrogen-bond acceptors (Lipinski definition) is 0. The molecule has 0 unspecified atom stereocenters. The fraction of sp³-hybridized carbons (Fsp3) is 0.600. The molecule has 0 N–H and O–H groups in total. The van der Waals surface area contributed by atoms with Gasteiger partial charge in [0, 0.05) is 0 Å². The molecular formula is C5H13B3. The normalized spacial score (nSPS) is 9.25. The van der Waals surface area contributed by atoms with Crippen LogP contribution in [0.5, 0.6) is 0 Å². The molecule has 0 rings (SSSR count). The Balaban J connectivity index is 2.72. The third kappa shape index (κ3) is 5.93. The van der Waals surface area contributed by atoms with E-state index in [0.29, 0.717) is 0 Å². The Hall–Kier alpha value is -0.0652. The highest BCUT2D eigenvalue weighted by molar-refractivity contribution is 7.30. The average molecular weight is 106 g/mol. The minimum atomic E-state index is 1.27. The van der Waals surface area contributed by atoms with E-state index in [1.165, 1.54) is 27.7 Å². The topological polar surface area (TPSA) is 0 Å². The fourth-order valence-electron chi connectivity index (χ4n) is 0.679. The Morgan fingerprint density at radius 2 is 2.25 bits per heavy atom. The van der Waals surface area contributed by atoms with Crippen molar-refractivity contribution in [1.29, 1.82) is 0 Å². The molecule has 0 aromatic heterocycles. The Labute approximate surface area is 54.4 Å². The van der Waals surface area contributed by atoms with Gasteiger partial charge < -0.3 is 0 Å². The van der Waals surface area contributed by atoms with E-state index >= 15 is 0 Å². The maximum absolute atomic E-state index is 2.23. The molecule has 0 nitrogen and oxygen atoms in total. The van der Waals surface area contributed by atoms with Crippen LogP contribution in [-0.2, 0) is 0 Å². The Morgan fingerprint density at radius 3 is 2.75 bits per heavy atom. The minimum absolute atomic E-state index is 1.27. The third-order valence-electron chi connectivity index (χ3n) is 1.21. The van der Waals surface area contributed by atoms with E-state index in [4.69, 9.17) is 0 Å². The lowest BCUT2D eigenvalue weighted by atomic mass is 9.19. The average Bonchev–Trinajstić information content (AvgIpc) is 1.81. The van der Waals surface area contributed by atoms with Crippen molar-refractivity contribution in [2.45, 2.75) is 20.2 Å². The van der Waals surface area contributed by atoms with Gasteiger partial charge in [0.05, 0.1) is 14.2 Å². The lowest BCUT2D eigenvalue weighted by Crippen LogP contribution is -2.08. The maximum atomic E-state index is 2.23. The second-order valence-corrected chi connectivity index (χ2v) is 2.06. The highest BCUT2D eigenvalue weighted by Crippen LogP contribution is 1.70. The molecule has 0 radical (unpaired) electrons. The number of hydrogen-bond donors (Lipinski definition) is 0. The molecule has 0 atom stereocenters. The molecule has 0 spiro atoms. The first-order valence-corrected chi connectivity index (χ1v) is 3.53. The highest BCUT2D eigenvalue weighted by atomic mass is 13.4. The van der Waals surface area contributed by atoms with E-state index in [1.807, 2.05) is 0 Å². The van der Waals surface area contributed by atoms with Crippen LogP contribution in [0, 0.1) is 0 Å². The predicted octanol–water partition coefficient (Wildman–Crippen LogP) is 0.0977. The molecule has 8 heavy (non-hydrogen) atoms. The monoisotopic (exact) mass is 106 g/mol. The van der Waals surface area contributed by atoms with E-state index in [-0.39, 0.29) is 0 Å². The van der Waals surface area contributed by atoms with Crippen LogP contribution >= 0.6 is 0 Å². The van der Waals surface area contributed by atoms with Crippen LogP contribution in [0.15, 0.2) is 12.1 Å². The number of rotatable bonds is 4. The summed E-state index contributed by atoms with van der Waals surface area (Å²) in [6.45, 7) is 4.31. The summed E-state index contributed by atoms with van der Waals surface area (Å²) in [4.78, 5) is 0. The zero-order valence-electron chi connectivity index (χ0n) is 5.98. The van der Waals surface area contributed by atoms with Gasteiger partial charge in [0.25, 0.3) is 0 Å². The zero-order valence-corrected chi connectivity index (χ0v) is 5.98. The smallest absolute Gasteiger partial charge is 0.105 e. The summed E-state index contributed by atoms with van der Waals surface area (Å²) in [5, 5.41) is 0. The van der Waals surface area contributed by atoms with Crippen molar-refractivity contribution in [2.75, 3.05) is 0 Å². The van der Waals surface area contributed by atoms with Crippen LogP contribution in [0.1, 0.15) is 13.8 Å². The van der Waals surface area contributed by atoms with Crippen molar-refractivity contribution in [2.24, 2.45) is 0 Å². The summed E-state index contributed by atoms with van der Waals surface area (Å²) >= 11 is 0. The van der Waals surface area contributed by atoms with Gasteiger partial charge in [-0.1, -0.05) is 13.2 Å². The van der Waals surface area contributed by atoms with E-state index in [0.717, 1.165) is 0 Å². The van der Waals surface area contributed by atoms with Gasteiger partial charge in [-0.05, 0) is 6.92 Å². The quantitative estimate of drug-likeness (QED) is 0.351. The van der Waals surface area contributed by atoms with Gasteiger partial charge in [0.1, 0.15) is 7.17 Å². The van der Waals surface area contributed by atoms with Crippen LogP contribution < -0.4 is 0 Å². The lowest BCUT2D eigenvalue weighted by Gasteiger charge is -1.81. The first-order valence-electron chi connectivity index (χ1n) is 3.53. The molecule has 0 amide bonds. The first kappa shape index (κ1) is 7.93. The molecule has 0 aromatic carbocycles. The van der Waals surface area contributed by atoms with Crippen LogP contribution in [0.4, 0.5) is 0 Å². The van der Waals surface area contributed by atoms with Crippen LogP contribution in [0.25, 0.3) is 0 Å². The lowest BCUT2D eigenvalue weighted by molar-refractivity contribution is 1.47. The largest absolute Gasteiger partial charge is 0.133 e. The SMILES string of the molecule is CC=CBBBCC. The van der Waals surface area contributed by atoms with Gasteiger partial charge in [0.2, 0.25) is 0 Å². The van der Waals surface area contributed by atoms with Gasteiger partial charge in [-0.25, -0.2) is 0 Å². The molecule has 0 aromatic rings. The summed E-state index contributed by atoms with van der Waals surface area (Å²) in [6.07, 6.45) is 3.45. The van der Waals surface area contributed by atoms with Crippen molar-refractivity contribution in [3.8, 4) is 0 Å². The van der Waals surface area contributed by atoms with E-state index in [9.17, 15) is 0 Å². The molecule has 0 heterocycles. The highest BCUT2D eigenvalue weighted by Gasteiger charge is 1.86. The van der Waals surface area contributed by atoms with E-state index < -0.39 is 0 Å². The van der Waals surface area contributed by atoms with E-state index in [1.54, 1.807) is 0 Å². The molecular weight excluding hydrogens is 92.5 g/mol. The molecule has 42 valence electrons. The van der Waals surface area contributed by atoms with Crippen molar-refractivity contribution >= 4 is 21.4 Å². The van der Waals surface area contributed by atoms with Crippen molar-refractivity contribution in [1.82, 2.24) is 0 Å². The summed E-state index contributed by atoms with van der Waals surface area (Å²) < 4.78 is 0. The van der Waals surface area contributed by atoms with Crippen LogP contribution in [0.3, 0.4) is 0 Å². The molecule has 3 heteroatoms. The number of allylic oxidation sites excluding steroid dienone is 1. The Morgan fingerprint density at radius 1 is 1.50 bits per heavy atom. The molecule has 0 bridgehead atoms. The van der Waals surface area contributed by atoms with Gasteiger partial charge in [-0.2, -0.15) is 0 Å². The zero-order chi connectivity index (χ0) is 6.24. The summed E-state index contributed by atoms with van der Waals surface area (Å²) in [6, 6.07) is 0. The molecule has 0 fully saturated rings.